The van der Waals surface area contributed by atoms with Crippen molar-refractivity contribution in [3.63, 3.8) is 0 Å². The summed E-state index contributed by atoms with van der Waals surface area (Å²) < 4.78 is 0. The van der Waals surface area contributed by atoms with E-state index in [9.17, 15) is 0 Å². The maximum absolute atomic E-state index is 5.99. The van der Waals surface area contributed by atoms with Gasteiger partial charge in [-0.25, -0.2) is 9.97 Å². The number of nitrogens with one attached hydrogen (secondary N) is 1. The van der Waals surface area contributed by atoms with Crippen molar-refractivity contribution in [1.82, 2.24) is 9.97 Å². The molecule has 0 atom stereocenters. The second-order valence-corrected chi connectivity index (χ2v) is 7.21. The first-order valence-electron chi connectivity index (χ1n) is 7.40. The lowest BCUT2D eigenvalue weighted by Crippen LogP contribution is -2.06. The third-order valence-electron chi connectivity index (χ3n) is 4.04. The van der Waals surface area contributed by atoms with Gasteiger partial charge in [0.1, 0.15) is 10.6 Å². The normalized spacial score (nSPS) is 16.1. The smallest absolute Gasteiger partial charge is 0.225 e. The first-order chi connectivity index (χ1) is 9.72. The van der Waals surface area contributed by atoms with Gasteiger partial charge in [0.2, 0.25) is 5.28 Å². The van der Waals surface area contributed by atoms with Crippen molar-refractivity contribution >= 4 is 39.0 Å². The Labute approximate surface area is 128 Å². The summed E-state index contributed by atoms with van der Waals surface area (Å²) in [6, 6.07) is 2.13. The average molecular weight is 310 g/mol. The number of aromatic nitrogens is 2. The molecule has 1 N–H and O–H groups in total. The van der Waals surface area contributed by atoms with E-state index in [-0.39, 0.29) is 0 Å². The predicted molar refractivity (Wildman–Crippen MR) is 86.8 cm³/mol. The number of nitrogens with zero attached hydrogens (tertiary/aromatic N) is 2. The van der Waals surface area contributed by atoms with Gasteiger partial charge in [-0.05, 0) is 43.4 Å². The second-order valence-electron chi connectivity index (χ2n) is 5.64. The van der Waals surface area contributed by atoms with E-state index >= 15 is 0 Å². The van der Waals surface area contributed by atoms with Crippen molar-refractivity contribution in [3.05, 3.63) is 16.2 Å². The molecule has 20 heavy (non-hydrogen) atoms. The van der Waals surface area contributed by atoms with Gasteiger partial charge in [0.05, 0.1) is 5.39 Å². The van der Waals surface area contributed by atoms with E-state index < -0.39 is 0 Å². The summed E-state index contributed by atoms with van der Waals surface area (Å²) >= 11 is 7.66. The lowest BCUT2D eigenvalue weighted by atomic mass is 10.0. The SMILES string of the molecule is Cc1cc2c(NCCCC3CCCC3)nc(Cl)nc2s1. The number of hydrogen-bond donors (Lipinski definition) is 1. The summed E-state index contributed by atoms with van der Waals surface area (Å²) in [7, 11) is 0. The Bertz CT molecular complexity index is 590. The Kier molecular flexibility index (Phi) is 4.41. The minimum atomic E-state index is 0.331. The van der Waals surface area contributed by atoms with Gasteiger partial charge in [0.15, 0.2) is 0 Å². The van der Waals surface area contributed by atoms with Crippen LogP contribution in [0, 0.1) is 12.8 Å². The number of hydrogen-bond acceptors (Lipinski definition) is 4. The van der Waals surface area contributed by atoms with Crippen LogP contribution in [0.1, 0.15) is 43.4 Å². The molecule has 1 fully saturated rings. The zero-order valence-electron chi connectivity index (χ0n) is 11.8. The minimum Gasteiger partial charge on any atom is -0.369 e. The lowest BCUT2D eigenvalue weighted by molar-refractivity contribution is 0.491. The maximum Gasteiger partial charge on any atom is 0.225 e. The Morgan fingerprint density at radius 2 is 2.15 bits per heavy atom. The van der Waals surface area contributed by atoms with Crippen LogP contribution in [0.4, 0.5) is 5.82 Å². The molecule has 1 aliphatic carbocycles. The van der Waals surface area contributed by atoms with E-state index in [2.05, 4.69) is 28.3 Å². The van der Waals surface area contributed by atoms with Crippen LogP contribution >= 0.6 is 22.9 Å². The van der Waals surface area contributed by atoms with E-state index in [1.54, 1.807) is 11.3 Å². The van der Waals surface area contributed by atoms with Crippen LogP contribution in [-0.2, 0) is 0 Å². The van der Waals surface area contributed by atoms with E-state index in [1.165, 1.54) is 43.4 Å². The zero-order valence-corrected chi connectivity index (χ0v) is 13.4. The fraction of sp³-hybridized carbons (Fsp3) is 0.600. The van der Waals surface area contributed by atoms with Gasteiger partial charge in [-0.15, -0.1) is 11.3 Å². The average Bonchev–Trinajstić information content (AvgIpc) is 3.02. The highest BCUT2D eigenvalue weighted by Gasteiger charge is 2.14. The minimum absolute atomic E-state index is 0.331. The van der Waals surface area contributed by atoms with Crippen LogP contribution in [0.3, 0.4) is 0 Å². The van der Waals surface area contributed by atoms with E-state index in [0.29, 0.717) is 5.28 Å². The molecular weight excluding hydrogens is 290 g/mol. The van der Waals surface area contributed by atoms with Gasteiger partial charge < -0.3 is 5.32 Å². The van der Waals surface area contributed by atoms with Crippen LogP contribution in [0.25, 0.3) is 10.2 Å². The molecule has 0 unspecified atom stereocenters. The molecule has 2 aromatic heterocycles. The van der Waals surface area contributed by atoms with Gasteiger partial charge in [-0.2, -0.15) is 0 Å². The summed E-state index contributed by atoms with van der Waals surface area (Å²) in [4.78, 5) is 10.8. The standard InChI is InChI=1S/C15H20ClN3S/c1-10-9-12-13(18-15(16)19-14(12)20-10)17-8-4-7-11-5-2-3-6-11/h9,11H,2-8H2,1H3,(H,17,18,19). The Balaban J connectivity index is 1.61. The fourth-order valence-corrected chi connectivity index (χ4v) is 4.15. The molecule has 0 saturated heterocycles. The van der Waals surface area contributed by atoms with Crippen LogP contribution in [-0.4, -0.2) is 16.5 Å². The van der Waals surface area contributed by atoms with Gasteiger partial charge in [-0.3, -0.25) is 0 Å². The highest BCUT2D eigenvalue weighted by Crippen LogP contribution is 2.30. The highest BCUT2D eigenvalue weighted by atomic mass is 35.5. The van der Waals surface area contributed by atoms with Crippen molar-refractivity contribution in [2.45, 2.75) is 45.4 Å². The Morgan fingerprint density at radius 3 is 2.95 bits per heavy atom. The van der Waals surface area contributed by atoms with Crippen molar-refractivity contribution in [2.24, 2.45) is 5.92 Å². The molecule has 0 aliphatic heterocycles. The summed E-state index contributed by atoms with van der Waals surface area (Å²) in [6.07, 6.45) is 8.23. The van der Waals surface area contributed by atoms with Gasteiger partial charge in [0.25, 0.3) is 0 Å². The Morgan fingerprint density at radius 1 is 1.35 bits per heavy atom. The first-order valence-corrected chi connectivity index (χ1v) is 8.59. The molecule has 2 aromatic rings. The number of aryl methyl sites for hydroxylation is 1. The van der Waals surface area contributed by atoms with Crippen LogP contribution < -0.4 is 5.32 Å². The lowest BCUT2D eigenvalue weighted by Gasteiger charge is -2.10. The molecule has 1 aliphatic rings. The van der Waals surface area contributed by atoms with Crippen molar-refractivity contribution in [3.8, 4) is 0 Å². The van der Waals surface area contributed by atoms with Gasteiger partial charge in [-0.1, -0.05) is 25.7 Å². The molecule has 0 amide bonds. The third-order valence-corrected chi connectivity index (χ3v) is 5.16. The molecular formula is C15H20ClN3S. The van der Waals surface area contributed by atoms with Crippen LogP contribution in [0.15, 0.2) is 6.07 Å². The fourth-order valence-electron chi connectivity index (χ4n) is 3.05. The largest absolute Gasteiger partial charge is 0.369 e. The monoisotopic (exact) mass is 309 g/mol. The second kappa shape index (κ2) is 6.27. The van der Waals surface area contributed by atoms with Crippen molar-refractivity contribution in [1.29, 1.82) is 0 Å². The quantitative estimate of drug-likeness (QED) is 0.621. The maximum atomic E-state index is 5.99. The zero-order chi connectivity index (χ0) is 13.9. The molecule has 2 heterocycles. The predicted octanol–water partition coefficient (Wildman–Crippen LogP) is 5.04. The van der Waals surface area contributed by atoms with E-state index in [1.807, 2.05) is 0 Å². The molecule has 0 aromatic carbocycles. The molecule has 3 nitrogen and oxygen atoms in total. The number of halogens is 1. The number of fused-ring (bicyclic) bond motifs is 1. The molecule has 0 bridgehead atoms. The van der Waals surface area contributed by atoms with Crippen LogP contribution in [0.2, 0.25) is 5.28 Å². The third kappa shape index (κ3) is 3.23. The Hall–Kier alpha value is -0.870. The molecule has 5 heteroatoms. The van der Waals surface area contributed by atoms with Crippen LogP contribution in [0.5, 0.6) is 0 Å². The highest BCUT2D eigenvalue weighted by molar-refractivity contribution is 7.18. The summed E-state index contributed by atoms with van der Waals surface area (Å²) in [5.74, 6) is 1.84. The van der Waals surface area contributed by atoms with E-state index in [0.717, 1.165) is 28.5 Å². The molecule has 1 saturated carbocycles. The number of rotatable bonds is 5. The van der Waals surface area contributed by atoms with Gasteiger partial charge >= 0.3 is 0 Å². The summed E-state index contributed by atoms with van der Waals surface area (Å²) in [5, 5.41) is 4.86. The number of thiophene rings is 1. The number of anilines is 1. The summed E-state index contributed by atoms with van der Waals surface area (Å²) in [6.45, 7) is 3.05. The first kappa shape index (κ1) is 14.1. The van der Waals surface area contributed by atoms with Crippen molar-refractivity contribution in [2.75, 3.05) is 11.9 Å². The molecule has 0 spiro atoms. The molecule has 0 radical (unpaired) electrons. The summed E-state index contributed by atoms with van der Waals surface area (Å²) in [5.41, 5.74) is 0. The van der Waals surface area contributed by atoms with Crippen molar-refractivity contribution < 1.29 is 0 Å². The van der Waals surface area contributed by atoms with Gasteiger partial charge in [0, 0.05) is 11.4 Å². The van der Waals surface area contributed by atoms with E-state index in [4.69, 9.17) is 11.6 Å². The topological polar surface area (TPSA) is 37.8 Å². The molecule has 3 rings (SSSR count). The molecule has 108 valence electrons.